The van der Waals surface area contributed by atoms with Crippen LogP contribution in [0, 0.1) is 0 Å². The maximum atomic E-state index is 12.8. The minimum Gasteiger partial charge on any atom is -0.347 e. The van der Waals surface area contributed by atoms with Crippen molar-refractivity contribution in [3.8, 4) is 11.4 Å². The lowest BCUT2D eigenvalue weighted by atomic mass is 10.1. The van der Waals surface area contributed by atoms with Gasteiger partial charge < -0.3 is 10.2 Å². The van der Waals surface area contributed by atoms with Gasteiger partial charge in [0.2, 0.25) is 5.95 Å². The van der Waals surface area contributed by atoms with E-state index >= 15 is 0 Å². The van der Waals surface area contributed by atoms with E-state index in [1.54, 1.807) is 21.6 Å². The highest BCUT2D eigenvalue weighted by molar-refractivity contribution is 5.95. The van der Waals surface area contributed by atoms with Crippen LogP contribution in [0.1, 0.15) is 35.4 Å². The Balaban J connectivity index is 1.83. The van der Waals surface area contributed by atoms with Crippen LogP contribution in [-0.2, 0) is 14.1 Å². The molecule has 1 aromatic carbocycles. The lowest BCUT2D eigenvalue weighted by Crippen LogP contribution is -2.29. The lowest BCUT2D eigenvalue weighted by Gasteiger charge is -2.17. The van der Waals surface area contributed by atoms with E-state index in [0.717, 1.165) is 23.6 Å². The monoisotopic (exact) mass is 367 g/mol. The molecule has 1 unspecified atom stereocenters. The SMILES string of the molecule is CCC(NC(=O)c1cccc(-c2nc(N(C)C)n(C)n2)c1)c1ccnn1C. The normalized spacial score (nSPS) is 12.0. The first-order chi connectivity index (χ1) is 12.9. The van der Waals surface area contributed by atoms with Gasteiger partial charge in [-0.1, -0.05) is 19.1 Å². The van der Waals surface area contributed by atoms with Crippen molar-refractivity contribution >= 4 is 11.9 Å². The number of anilines is 1. The number of aromatic nitrogens is 5. The van der Waals surface area contributed by atoms with E-state index in [2.05, 4.69) is 20.5 Å². The summed E-state index contributed by atoms with van der Waals surface area (Å²) >= 11 is 0. The van der Waals surface area contributed by atoms with Gasteiger partial charge in [0.15, 0.2) is 5.82 Å². The van der Waals surface area contributed by atoms with Crippen LogP contribution in [0.2, 0.25) is 0 Å². The minimum absolute atomic E-state index is 0.0954. The van der Waals surface area contributed by atoms with E-state index in [0.29, 0.717) is 11.4 Å². The van der Waals surface area contributed by atoms with Gasteiger partial charge in [-0.05, 0) is 24.6 Å². The minimum atomic E-state index is -0.131. The average Bonchev–Trinajstić information content (AvgIpc) is 3.25. The fourth-order valence-electron chi connectivity index (χ4n) is 3.04. The number of carbonyl (C=O) groups excluding carboxylic acids is 1. The first-order valence-corrected chi connectivity index (χ1v) is 8.88. The van der Waals surface area contributed by atoms with E-state index in [1.165, 1.54) is 0 Å². The van der Waals surface area contributed by atoms with Crippen LogP contribution in [0.5, 0.6) is 0 Å². The molecule has 0 aliphatic rings. The fraction of sp³-hybridized carbons (Fsp3) is 0.368. The molecule has 0 spiro atoms. The number of aryl methyl sites for hydroxylation is 2. The van der Waals surface area contributed by atoms with Crippen molar-refractivity contribution in [1.82, 2.24) is 29.9 Å². The molecule has 0 fully saturated rings. The molecule has 0 saturated carbocycles. The fourth-order valence-corrected chi connectivity index (χ4v) is 3.04. The second-order valence-electron chi connectivity index (χ2n) is 6.65. The molecule has 3 aromatic rings. The van der Waals surface area contributed by atoms with Crippen LogP contribution >= 0.6 is 0 Å². The quantitative estimate of drug-likeness (QED) is 0.722. The van der Waals surface area contributed by atoms with Gasteiger partial charge in [-0.25, -0.2) is 4.68 Å². The van der Waals surface area contributed by atoms with E-state index in [-0.39, 0.29) is 11.9 Å². The Kier molecular flexibility index (Phi) is 5.25. The summed E-state index contributed by atoms with van der Waals surface area (Å²) in [4.78, 5) is 19.2. The number of hydrogen-bond donors (Lipinski definition) is 1. The van der Waals surface area contributed by atoms with Gasteiger partial charge in [0.05, 0.1) is 11.7 Å². The molecule has 0 bridgehead atoms. The summed E-state index contributed by atoms with van der Waals surface area (Å²) < 4.78 is 3.50. The highest BCUT2D eigenvalue weighted by Crippen LogP contribution is 2.21. The van der Waals surface area contributed by atoms with E-state index in [4.69, 9.17) is 0 Å². The van der Waals surface area contributed by atoms with Gasteiger partial charge >= 0.3 is 0 Å². The molecule has 142 valence electrons. The number of amides is 1. The molecule has 0 radical (unpaired) electrons. The molecule has 8 heteroatoms. The first kappa shape index (κ1) is 18.6. The van der Waals surface area contributed by atoms with Crippen LogP contribution in [-0.4, -0.2) is 44.5 Å². The smallest absolute Gasteiger partial charge is 0.251 e. The summed E-state index contributed by atoms with van der Waals surface area (Å²) in [5.74, 6) is 1.21. The maximum Gasteiger partial charge on any atom is 0.251 e. The molecule has 0 aliphatic heterocycles. The number of hydrogen-bond acceptors (Lipinski definition) is 5. The van der Waals surface area contributed by atoms with Crippen molar-refractivity contribution < 1.29 is 4.79 Å². The molecule has 2 aromatic heterocycles. The Morgan fingerprint density at radius 1 is 1.22 bits per heavy atom. The molecule has 0 saturated heterocycles. The summed E-state index contributed by atoms with van der Waals surface area (Å²) in [5.41, 5.74) is 2.36. The second-order valence-corrected chi connectivity index (χ2v) is 6.65. The topological polar surface area (TPSA) is 80.9 Å². The van der Waals surface area contributed by atoms with E-state index < -0.39 is 0 Å². The predicted molar refractivity (Wildman–Crippen MR) is 104 cm³/mol. The van der Waals surface area contributed by atoms with Crippen LogP contribution in [0.4, 0.5) is 5.95 Å². The Morgan fingerprint density at radius 3 is 2.59 bits per heavy atom. The van der Waals surface area contributed by atoms with Gasteiger partial charge in [-0.15, -0.1) is 5.10 Å². The van der Waals surface area contributed by atoms with Crippen molar-refractivity contribution in [2.24, 2.45) is 14.1 Å². The zero-order valence-corrected chi connectivity index (χ0v) is 16.3. The summed E-state index contributed by atoms with van der Waals surface area (Å²) in [6.45, 7) is 2.04. The molecular weight excluding hydrogens is 342 g/mol. The van der Waals surface area contributed by atoms with Gasteiger partial charge in [0, 0.05) is 45.5 Å². The van der Waals surface area contributed by atoms with Gasteiger partial charge in [-0.2, -0.15) is 10.1 Å². The first-order valence-electron chi connectivity index (χ1n) is 8.88. The van der Waals surface area contributed by atoms with Crippen LogP contribution in [0.25, 0.3) is 11.4 Å². The van der Waals surface area contributed by atoms with Crippen molar-refractivity contribution in [2.45, 2.75) is 19.4 Å². The number of carbonyl (C=O) groups is 1. The van der Waals surface area contributed by atoms with Gasteiger partial charge in [-0.3, -0.25) is 9.48 Å². The number of rotatable bonds is 6. The molecular formula is C19H25N7O. The molecule has 27 heavy (non-hydrogen) atoms. The Hall–Kier alpha value is -3.16. The van der Waals surface area contributed by atoms with Crippen molar-refractivity contribution in [3.05, 3.63) is 47.8 Å². The largest absolute Gasteiger partial charge is 0.347 e. The number of nitrogens with one attached hydrogen (secondary N) is 1. The van der Waals surface area contributed by atoms with Crippen LogP contribution in [0.3, 0.4) is 0 Å². The van der Waals surface area contributed by atoms with Crippen molar-refractivity contribution in [3.63, 3.8) is 0 Å². The Labute approximate surface area is 158 Å². The van der Waals surface area contributed by atoms with E-state index in [1.807, 2.05) is 64.3 Å². The summed E-state index contributed by atoms with van der Waals surface area (Å²) in [6.07, 6.45) is 2.51. The van der Waals surface area contributed by atoms with Crippen LogP contribution < -0.4 is 10.2 Å². The summed E-state index contributed by atoms with van der Waals surface area (Å²) in [7, 11) is 7.56. The lowest BCUT2D eigenvalue weighted by molar-refractivity contribution is 0.0934. The highest BCUT2D eigenvalue weighted by Gasteiger charge is 2.18. The highest BCUT2D eigenvalue weighted by atomic mass is 16.1. The summed E-state index contributed by atoms with van der Waals surface area (Å²) in [5, 5.41) is 11.7. The third-order valence-corrected chi connectivity index (χ3v) is 4.45. The summed E-state index contributed by atoms with van der Waals surface area (Å²) in [6, 6.07) is 9.20. The molecule has 0 aliphatic carbocycles. The third kappa shape index (κ3) is 3.84. The van der Waals surface area contributed by atoms with Crippen molar-refractivity contribution in [1.29, 1.82) is 0 Å². The molecule has 8 nitrogen and oxygen atoms in total. The van der Waals surface area contributed by atoms with E-state index in [9.17, 15) is 4.79 Å². The zero-order chi connectivity index (χ0) is 19.6. The van der Waals surface area contributed by atoms with Gasteiger partial charge in [0.25, 0.3) is 5.91 Å². The number of benzene rings is 1. The predicted octanol–water partition coefficient (Wildman–Crippen LogP) is 2.16. The molecule has 1 amide bonds. The second kappa shape index (κ2) is 7.61. The maximum absolute atomic E-state index is 12.8. The zero-order valence-electron chi connectivity index (χ0n) is 16.3. The Bertz CT molecular complexity index is 941. The standard InChI is InChI=1S/C19H25N7O/c1-6-15(16-10-11-20-25(16)4)21-18(27)14-9-7-8-13(12-14)17-22-19(24(2)3)26(5)23-17/h7-12,15H,6H2,1-5H3,(H,21,27). The average molecular weight is 367 g/mol. The molecule has 1 N–H and O–H groups in total. The Morgan fingerprint density at radius 2 is 2.00 bits per heavy atom. The van der Waals surface area contributed by atoms with Crippen molar-refractivity contribution in [2.75, 3.05) is 19.0 Å². The third-order valence-electron chi connectivity index (χ3n) is 4.45. The number of nitrogens with zero attached hydrogens (tertiary/aromatic N) is 6. The van der Waals surface area contributed by atoms with Gasteiger partial charge in [0.1, 0.15) is 0 Å². The molecule has 1 atom stereocenters. The molecule has 3 rings (SSSR count). The van der Waals surface area contributed by atoms with Crippen LogP contribution in [0.15, 0.2) is 36.5 Å². The molecule has 2 heterocycles.